The van der Waals surface area contributed by atoms with Crippen LogP contribution in [0.1, 0.15) is 6.42 Å². The van der Waals surface area contributed by atoms with Gasteiger partial charge in [-0.15, -0.1) is 12.4 Å². The summed E-state index contributed by atoms with van der Waals surface area (Å²) in [6.07, 6.45) is 0.0210. The van der Waals surface area contributed by atoms with Crippen LogP contribution in [0.25, 0.3) is 0 Å². The monoisotopic (exact) mass is 318 g/mol. The number of hydrogen-bond acceptors (Lipinski definition) is 5. The normalized spacial score (nSPS) is 11.2. The summed E-state index contributed by atoms with van der Waals surface area (Å²) in [5, 5.41) is 2.75. The van der Waals surface area contributed by atoms with Gasteiger partial charge in [-0.1, -0.05) is 0 Å². The molecule has 120 valence electrons. The van der Waals surface area contributed by atoms with Crippen molar-refractivity contribution < 1.29 is 19.0 Å². The Morgan fingerprint density at radius 1 is 1.24 bits per heavy atom. The number of methoxy groups -OCH3 is 2. The van der Waals surface area contributed by atoms with Gasteiger partial charge in [0, 0.05) is 13.7 Å². The predicted molar refractivity (Wildman–Crippen MR) is 83.2 cm³/mol. The Bertz CT molecular complexity index is 396. The van der Waals surface area contributed by atoms with Gasteiger partial charge in [-0.25, -0.2) is 0 Å². The van der Waals surface area contributed by atoms with Gasteiger partial charge in [-0.05, 0) is 24.3 Å². The topological polar surface area (TPSA) is 82.8 Å². The van der Waals surface area contributed by atoms with Gasteiger partial charge in [-0.2, -0.15) is 0 Å². The van der Waals surface area contributed by atoms with Gasteiger partial charge in [-0.3, -0.25) is 4.79 Å². The Hall–Kier alpha value is -1.50. The van der Waals surface area contributed by atoms with Gasteiger partial charge < -0.3 is 25.3 Å². The largest absolute Gasteiger partial charge is 0.497 e. The van der Waals surface area contributed by atoms with Gasteiger partial charge >= 0.3 is 0 Å². The molecular weight excluding hydrogens is 296 g/mol. The highest BCUT2D eigenvalue weighted by Crippen LogP contribution is 2.16. The van der Waals surface area contributed by atoms with E-state index in [1.54, 1.807) is 7.11 Å². The summed E-state index contributed by atoms with van der Waals surface area (Å²) in [6.45, 7) is 1.16. The van der Waals surface area contributed by atoms with Crippen molar-refractivity contribution in [1.29, 1.82) is 0 Å². The average molecular weight is 319 g/mol. The number of amides is 1. The van der Waals surface area contributed by atoms with Crippen LogP contribution in [-0.2, 0) is 9.53 Å². The van der Waals surface area contributed by atoms with Gasteiger partial charge in [0.05, 0.1) is 26.2 Å². The molecule has 0 fully saturated rings. The zero-order valence-electron chi connectivity index (χ0n) is 12.3. The van der Waals surface area contributed by atoms with Crippen LogP contribution in [0, 0.1) is 0 Å². The maximum absolute atomic E-state index is 11.5. The summed E-state index contributed by atoms with van der Waals surface area (Å²) < 4.78 is 15.6. The second-order valence-corrected chi connectivity index (χ2v) is 4.17. The van der Waals surface area contributed by atoms with E-state index in [0.717, 1.165) is 11.5 Å². The number of halogens is 1. The first-order chi connectivity index (χ1) is 9.69. The first-order valence-corrected chi connectivity index (χ1v) is 6.46. The molecule has 1 aromatic rings. The SMILES string of the molecule is COc1ccc(OCCNC(=O)CC(CN)OC)cc1.Cl. The number of nitrogens with one attached hydrogen (secondary N) is 1. The Morgan fingerprint density at radius 2 is 1.86 bits per heavy atom. The van der Waals surface area contributed by atoms with Crippen LogP contribution < -0.4 is 20.5 Å². The molecule has 21 heavy (non-hydrogen) atoms. The molecule has 0 saturated carbocycles. The fraction of sp³-hybridized carbons (Fsp3) is 0.500. The summed E-state index contributed by atoms with van der Waals surface area (Å²) in [5.41, 5.74) is 5.45. The molecule has 6 nitrogen and oxygen atoms in total. The summed E-state index contributed by atoms with van der Waals surface area (Å²) in [4.78, 5) is 11.5. The van der Waals surface area contributed by atoms with Crippen molar-refractivity contribution in [3.8, 4) is 11.5 Å². The second-order valence-electron chi connectivity index (χ2n) is 4.17. The van der Waals surface area contributed by atoms with E-state index in [9.17, 15) is 4.79 Å². The minimum Gasteiger partial charge on any atom is -0.497 e. The number of carbonyl (C=O) groups is 1. The lowest BCUT2D eigenvalue weighted by atomic mass is 10.2. The van der Waals surface area contributed by atoms with Crippen molar-refractivity contribution in [1.82, 2.24) is 5.32 Å². The van der Waals surface area contributed by atoms with Crippen molar-refractivity contribution >= 4 is 18.3 Å². The first kappa shape index (κ1) is 19.5. The van der Waals surface area contributed by atoms with Crippen LogP contribution in [-0.4, -0.2) is 45.9 Å². The van der Waals surface area contributed by atoms with E-state index in [-0.39, 0.29) is 30.8 Å². The quantitative estimate of drug-likeness (QED) is 0.663. The lowest BCUT2D eigenvalue weighted by Crippen LogP contribution is -2.34. The molecule has 0 aliphatic carbocycles. The molecule has 0 saturated heterocycles. The number of rotatable bonds is 9. The van der Waals surface area contributed by atoms with Gasteiger partial charge in [0.2, 0.25) is 5.91 Å². The molecule has 1 amide bonds. The van der Waals surface area contributed by atoms with Crippen LogP contribution in [0.3, 0.4) is 0 Å². The molecule has 0 aromatic heterocycles. The van der Waals surface area contributed by atoms with Crippen molar-refractivity contribution in [2.45, 2.75) is 12.5 Å². The summed E-state index contributed by atoms with van der Waals surface area (Å²) >= 11 is 0. The highest BCUT2D eigenvalue weighted by Gasteiger charge is 2.10. The molecule has 0 radical (unpaired) electrons. The molecule has 0 bridgehead atoms. The highest BCUT2D eigenvalue weighted by atomic mass is 35.5. The predicted octanol–water partition coefficient (Wildman–Crippen LogP) is 0.976. The number of nitrogens with two attached hydrogens (primary N) is 1. The molecule has 1 atom stereocenters. The molecular formula is C14H23ClN2O4. The maximum atomic E-state index is 11.5. The van der Waals surface area contributed by atoms with E-state index < -0.39 is 0 Å². The molecule has 3 N–H and O–H groups in total. The van der Waals surface area contributed by atoms with E-state index in [2.05, 4.69) is 5.32 Å². The zero-order chi connectivity index (χ0) is 14.8. The Labute approximate surface area is 131 Å². The van der Waals surface area contributed by atoms with Crippen molar-refractivity contribution in [3.05, 3.63) is 24.3 Å². The molecule has 1 rings (SSSR count). The van der Waals surface area contributed by atoms with Crippen LogP contribution in [0.4, 0.5) is 0 Å². The Kier molecular flexibility index (Phi) is 10.4. The Balaban J connectivity index is 0.00000400. The molecule has 0 aliphatic rings. The van der Waals surface area contributed by atoms with Crippen molar-refractivity contribution in [2.24, 2.45) is 5.73 Å². The number of hydrogen-bond donors (Lipinski definition) is 2. The minimum atomic E-state index is -0.238. The van der Waals surface area contributed by atoms with Crippen LogP contribution in [0.5, 0.6) is 11.5 Å². The third-order valence-corrected chi connectivity index (χ3v) is 2.76. The van der Waals surface area contributed by atoms with E-state index in [4.69, 9.17) is 19.9 Å². The standard InChI is InChI=1S/C14H22N2O4.ClH/c1-18-11-3-5-12(6-4-11)20-8-7-16-14(17)9-13(10-15)19-2;/h3-6,13H,7-10,15H2,1-2H3,(H,16,17);1H. The van der Waals surface area contributed by atoms with Crippen molar-refractivity contribution in [3.63, 3.8) is 0 Å². The van der Waals surface area contributed by atoms with Gasteiger partial charge in [0.15, 0.2) is 0 Å². The smallest absolute Gasteiger partial charge is 0.222 e. The molecule has 0 aliphatic heterocycles. The van der Waals surface area contributed by atoms with E-state index in [1.807, 2.05) is 24.3 Å². The molecule has 1 unspecified atom stereocenters. The molecule has 0 heterocycles. The van der Waals surface area contributed by atoms with Crippen molar-refractivity contribution in [2.75, 3.05) is 33.9 Å². The lowest BCUT2D eigenvalue weighted by molar-refractivity contribution is -0.123. The average Bonchev–Trinajstić information content (AvgIpc) is 2.49. The van der Waals surface area contributed by atoms with Crippen LogP contribution in [0.2, 0.25) is 0 Å². The van der Waals surface area contributed by atoms with E-state index in [0.29, 0.717) is 19.7 Å². The third-order valence-electron chi connectivity index (χ3n) is 2.76. The number of ether oxygens (including phenoxy) is 3. The minimum absolute atomic E-state index is 0. The number of benzene rings is 1. The highest BCUT2D eigenvalue weighted by molar-refractivity contribution is 5.85. The maximum Gasteiger partial charge on any atom is 0.222 e. The third kappa shape index (κ3) is 7.75. The van der Waals surface area contributed by atoms with E-state index in [1.165, 1.54) is 7.11 Å². The zero-order valence-corrected chi connectivity index (χ0v) is 13.2. The molecule has 7 heteroatoms. The molecule has 1 aromatic carbocycles. The summed E-state index contributed by atoms with van der Waals surface area (Å²) in [5.74, 6) is 1.41. The van der Waals surface area contributed by atoms with Gasteiger partial charge in [0.25, 0.3) is 0 Å². The van der Waals surface area contributed by atoms with E-state index >= 15 is 0 Å². The fourth-order valence-corrected chi connectivity index (χ4v) is 1.57. The summed E-state index contributed by atoms with van der Waals surface area (Å²) in [6, 6.07) is 7.27. The Morgan fingerprint density at radius 3 is 2.38 bits per heavy atom. The summed E-state index contributed by atoms with van der Waals surface area (Å²) in [7, 11) is 3.15. The second kappa shape index (κ2) is 11.2. The fourth-order valence-electron chi connectivity index (χ4n) is 1.57. The number of carbonyl (C=O) groups excluding carboxylic acids is 1. The van der Waals surface area contributed by atoms with Crippen LogP contribution >= 0.6 is 12.4 Å². The first-order valence-electron chi connectivity index (χ1n) is 6.46. The van der Waals surface area contributed by atoms with Gasteiger partial charge in [0.1, 0.15) is 18.1 Å². The molecule has 0 spiro atoms. The lowest BCUT2D eigenvalue weighted by Gasteiger charge is -2.13. The van der Waals surface area contributed by atoms with Crippen LogP contribution in [0.15, 0.2) is 24.3 Å².